The number of aryl methyl sites for hydroxylation is 2. The van der Waals surface area contributed by atoms with Gasteiger partial charge in [0.15, 0.2) is 0 Å². The number of hydrogen-bond donors (Lipinski definition) is 0. The van der Waals surface area contributed by atoms with Gasteiger partial charge >= 0.3 is 0 Å². The Morgan fingerprint density at radius 1 is 1.29 bits per heavy atom. The van der Waals surface area contributed by atoms with Gasteiger partial charge in [-0.2, -0.15) is 11.8 Å². The Bertz CT molecular complexity index is 1060. The predicted octanol–water partition coefficient (Wildman–Crippen LogP) is 4.11. The third-order valence-corrected chi connectivity index (χ3v) is 7.57. The summed E-state index contributed by atoms with van der Waals surface area (Å²) in [7, 11) is 0. The van der Waals surface area contributed by atoms with Gasteiger partial charge in [-0.15, -0.1) is 11.3 Å². The summed E-state index contributed by atoms with van der Waals surface area (Å²) in [6.45, 7) is 5.90. The topological polar surface area (TPSA) is 55.2 Å². The van der Waals surface area contributed by atoms with E-state index in [0.29, 0.717) is 35.9 Å². The summed E-state index contributed by atoms with van der Waals surface area (Å²) in [6, 6.07) is 7.85. The van der Waals surface area contributed by atoms with Crippen molar-refractivity contribution in [3.63, 3.8) is 0 Å². The Morgan fingerprint density at radius 3 is 2.89 bits per heavy atom. The first-order valence-electron chi connectivity index (χ1n) is 9.53. The maximum atomic E-state index is 13.2. The molecule has 1 aliphatic heterocycles. The highest BCUT2D eigenvalue weighted by atomic mass is 32.2. The highest BCUT2D eigenvalue weighted by Crippen LogP contribution is 2.36. The summed E-state index contributed by atoms with van der Waals surface area (Å²) >= 11 is 3.67. The van der Waals surface area contributed by atoms with Gasteiger partial charge in [-0.05, 0) is 43.8 Å². The predicted molar refractivity (Wildman–Crippen MR) is 116 cm³/mol. The first-order chi connectivity index (χ1) is 13.6. The number of nitrogens with zero attached hydrogens (tertiary/aromatic N) is 3. The number of carbonyl (C=O) groups is 1. The van der Waals surface area contributed by atoms with Crippen molar-refractivity contribution in [3.05, 3.63) is 62.2 Å². The zero-order valence-electron chi connectivity index (χ0n) is 16.1. The molecule has 0 radical (unpaired) electrons. The molecule has 5 nitrogen and oxygen atoms in total. The maximum absolute atomic E-state index is 13.2. The van der Waals surface area contributed by atoms with E-state index in [-0.39, 0.29) is 16.9 Å². The van der Waals surface area contributed by atoms with Gasteiger partial charge in [0.25, 0.3) is 5.91 Å². The Labute approximate surface area is 172 Å². The van der Waals surface area contributed by atoms with Gasteiger partial charge in [-0.1, -0.05) is 6.07 Å². The van der Waals surface area contributed by atoms with Gasteiger partial charge in [0.1, 0.15) is 11.2 Å². The van der Waals surface area contributed by atoms with Crippen LogP contribution in [-0.4, -0.2) is 39.2 Å². The molecule has 0 aromatic carbocycles. The SMILES string of the molecule is CCn1cc(C(=O)N2CCS[C@@H](c3cccs3)CC2)c(=O)c2ccc(C)nc21. The summed E-state index contributed by atoms with van der Waals surface area (Å²) in [4.78, 5) is 34.0. The molecule has 4 rings (SSSR count). The van der Waals surface area contributed by atoms with Crippen molar-refractivity contribution in [2.45, 2.75) is 32.1 Å². The van der Waals surface area contributed by atoms with Crippen molar-refractivity contribution in [2.24, 2.45) is 0 Å². The molecule has 1 fully saturated rings. The van der Waals surface area contributed by atoms with Gasteiger partial charge in [0.05, 0.1) is 5.39 Å². The Balaban J connectivity index is 1.64. The fraction of sp³-hybridized carbons (Fsp3) is 0.381. The normalized spacial score (nSPS) is 17.6. The third-order valence-electron chi connectivity index (χ3n) is 5.12. The van der Waals surface area contributed by atoms with Gasteiger partial charge in [-0.3, -0.25) is 9.59 Å². The molecule has 1 aliphatic rings. The molecule has 7 heteroatoms. The van der Waals surface area contributed by atoms with Crippen molar-refractivity contribution < 1.29 is 4.79 Å². The standard InChI is InChI=1S/C21H23N3O2S2/c1-3-23-13-16(19(25)15-7-6-14(2)22-20(15)23)21(26)24-9-8-18(28-12-10-24)17-5-4-11-27-17/h4-7,11,13,18H,3,8-10,12H2,1-2H3/t18-/m1/s1. The Hall–Kier alpha value is -2.12. The summed E-state index contributed by atoms with van der Waals surface area (Å²) in [5, 5.41) is 3.04. The minimum Gasteiger partial charge on any atom is -0.338 e. The summed E-state index contributed by atoms with van der Waals surface area (Å²) in [5.41, 5.74) is 1.54. The number of pyridine rings is 2. The number of hydrogen-bond acceptors (Lipinski definition) is 5. The van der Waals surface area contributed by atoms with Crippen LogP contribution in [0, 0.1) is 6.92 Å². The molecular weight excluding hydrogens is 390 g/mol. The van der Waals surface area contributed by atoms with Gasteiger partial charge in [-0.25, -0.2) is 4.98 Å². The van der Waals surface area contributed by atoms with E-state index in [9.17, 15) is 9.59 Å². The molecule has 146 valence electrons. The van der Waals surface area contributed by atoms with E-state index < -0.39 is 0 Å². The number of fused-ring (bicyclic) bond motifs is 1. The molecule has 3 aromatic rings. The second kappa shape index (κ2) is 8.09. The second-order valence-electron chi connectivity index (χ2n) is 6.94. The zero-order chi connectivity index (χ0) is 19.7. The van der Waals surface area contributed by atoms with Gasteiger partial charge < -0.3 is 9.47 Å². The Kier molecular flexibility index (Phi) is 5.55. The van der Waals surface area contributed by atoms with Gasteiger partial charge in [0.2, 0.25) is 5.43 Å². The maximum Gasteiger partial charge on any atom is 0.259 e. The van der Waals surface area contributed by atoms with Crippen molar-refractivity contribution in [3.8, 4) is 0 Å². The number of aromatic nitrogens is 2. The lowest BCUT2D eigenvalue weighted by molar-refractivity contribution is 0.0765. The molecule has 0 bridgehead atoms. The zero-order valence-corrected chi connectivity index (χ0v) is 17.7. The van der Waals surface area contributed by atoms with Gasteiger partial charge in [0, 0.05) is 47.4 Å². The van der Waals surface area contributed by atoms with Crippen LogP contribution in [0.25, 0.3) is 11.0 Å². The second-order valence-corrected chi connectivity index (χ2v) is 9.23. The fourth-order valence-electron chi connectivity index (χ4n) is 3.60. The fourth-order valence-corrected chi connectivity index (χ4v) is 5.84. The molecule has 0 unspecified atom stereocenters. The lowest BCUT2D eigenvalue weighted by atomic mass is 10.1. The largest absolute Gasteiger partial charge is 0.338 e. The number of amides is 1. The van der Waals surface area contributed by atoms with Crippen LogP contribution in [-0.2, 0) is 6.54 Å². The van der Waals surface area contributed by atoms with Crippen LogP contribution in [0.4, 0.5) is 0 Å². The van der Waals surface area contributed by atoms with Crippen molar-refractivity contribution in [1.82, 2.24) is 14.5 Å². The highest BCUT2D eigenvalue weighted by Gasteiger charge is 2.26. The number of thiophene rings is 1. The molecule has 4 heterocycles. The summed E-state index contributed by atoms with van der Waals surface area (Å²) < 4.78 is 1.90. The number of carbonyl (C=O) groups excluding carboxylic acids is 1. The van der Waals surface area contributed by atoms with E-state index in [1.807, 2.05) is 41.1 Å². The molecule has 0 N–H and O–H groups in total. The van der Waals surface area contributed by atoms with E-state index >= 15 is 0 Å². The van der Waals surface area contributed by atoms with Crippen molar-refractivity contribution >= 4 is 40.0 Å². The van der Waals surface area contributed by atoms with E-state index in [1.54, 1.807) is 23.6 Å². The first-order valence-corrected chi connectivity index (χ1v) is 11.5. The Morgan fingerprint density at radius 2 is 2.14 bits per heavy atom. The van der Waals surface area contributed by atoms with Crippen LogP contribution < -0.4 is 5.43 Å². The number of thioether (sulfide) groups is 1. The monoisotopic (exact) mass is 413 g/mol. The number of rotatable bonds is 3. The highest BCUT2D eigenvalue weighted by molar-refractivity contribution is 7.99. The molecule has 28 heavy (non-hydrogen) atoms. The van der Waals surface area contributed by atoms with Crippen molar-refractivity contribution in [1.29, 1.82) is 0 Å². The summed E-state index contributed by atoms with van der Waals surface area (Å²) in [5.74, 6) is 0.715. The molecule has 0 aliphatic carbocycles. The van der Waals surface area contributed by atoms with Crippen LogP contribution in [0.15, 0.2) is 40.6 Å². The first kappa shape index (κ1) is 19.2. The molecule has 0 saturated carbocycles. The molecular formula is C21H23N3O2S2. The minimum atomic E-state index is -0.219. The van der Waals surface area contributed by atoms with Crippen molar-refractivity contribution in [2.75, 3.05) is 18.8 Å². The smallest absolute Gasteiger partial charge is 0.259 e. The van der Waals surface area contributed by atoms with E-state index in [2.05, 4.69) is 22.5 Å². The van der Waals surface area contributed by atoms with Crippen LogP contribution in [0.1, 0.15) is 39.5 Å². The molecule has 1 saturated heterocycles. The lowest BCUT2D eigenvalue weighted by Gasteiger charge is -2.21. The minimum absolute atomic E-state index is 0.165. The van der Waals surface area contributed by atoms with Crippen LogP contribution in [0.5, 0.6) is 0 Å². The third kappa shape index (κ3) is 3.61. The lowest BCUT2D eigenvalue weighted by Crippen LogP contribution is -2.36. The average molecular weight is 414 g/mol. The average Bonchev–Trinajstić information content (AvgIpc) is 3.12. The van der Waals surface area contributed by atoms with E-state index in [4.69, 9.17) is 0 Å². The van der Waals surface area contributed by atoms with Crippen LogP contribution in [0.3, 0.4) is 0 Å². The van der Waals surface area contributed by atoms with E-state index in [0.717, 1.165) is 17.9 Å². The summed E-state index contributed by atoms with van der Waals surface area (Å²) in [6.07, 6.45) is 2.60. The molecule has 0 spiro atoms. The molecule has 3 aromatic heterocycles. The molecule has 1 amide bonds. The van der Waals surface area contributed by atoms with Crippen LogP contribution in [0.2, 0.25) is 0 Å². The van der Waals surface area contributed by atoms with Crippen LogP contribution >= 0.6 is 23.1 Å². The molecule has 1 atom stereocenters. The quantitative estimate of drug-likeness (QED) is 0.649. The van der Waals surface area contributed by atoms with E-state index in [1.165, 1.54) is 4.88 Å².